The topological polar surface area (TPSA) is 72.7 Å². The number of amides is 1. The number of hydrogen-bond acceptors (Lipinski definition) is 5. The summed E-state index contributed by atoms with van der Waals surface area (Å²) in [6, 6.07) is 0. The lowest BCUT2D eigenvalue weighted by Gasteiger charge is -2.05. The molecule has 1 N–H and O–H groups in total. The van der Waals surface area contributed by atoms with Crippen molar-refractivity contribution in [3.8, 4) is 0 Å². The van der Waals surface area contributed by atoms with Crippen molar-refractivity contribution in [1.82, 2.24) is 24.8 Å². The number of nitrogens with zero attached hydrogens (tertiary/aromatic N) is 4. The van der Waals surface area contributed by atoms with Gasteiger partial charge in [-0.15, -0.1) is 11.3 Å². The molecule has 0 bridgehead atoms. The van der Waals surface area contributed by atoms with Crippen molar-refractivity contribution in [2.75, 3.05) is 6.54 Å². The van der Waals surface area contributed by atoms with Gasteiger partial charge in [-0.1, -0.05) is 0 Å². The van der Waals surface area contributed by atoms with Crippen LogP contribution in [-0.4, -0.2) is 32.0 Å². The summed E-state index contributed by atoms with van der Waals surface area (Å²) in [6.45, 7) is 5.63. The van der Waals surface area contributed by atoms with Crippen LogP contribution >= 0.6 is 11.3 Å². The minimum atomic E-state index is 0.000466. The van der Waals surface area contributed by atoms with Crippen LogP contribution in [0.4, 0.5) is 0 Å². The molecule has 1 amide bonds. The van der Waals surface area contributed by atoms with Crippen LogP contribution in [-0.2, 0) is 6.54 Å². The molecule has 6 nitrogen and oxygen atoms in total. The number of nitrogens with one attached hydrogen (secondary N) is 1. The van der Waals surface area contributed by atoms with E-state index in [0.717, 1.165) is 51.6 Å². The van der Waals surface area contributed by atoms with Gasteiger partial charge in [0.15, 0.2) is 0 Å². The van der Waals surface area contributed by atoms with Gasteiger partial charge in [-0.25, -0.2) is 15.0 Å². The minimum Gasteiger partial charge on any atom is -0.351 e. The van der Waals surface area contributed by atoms with Gasteiger partial charge < -0.3 is 9.88 Å². The zero-order valence-electron chi connectivity index (χ0n) is 15.2. The first kappa shape index (κ1) is 17.1. The lowest BCUT2D eigenvalue weighted by molar-refractivity contribution is 0.0956. The van der Waals surface area contributed by atoms with Crippen LogP contribution in [0.5, 0.6) is 0 Å². The maximum Gasteiger partial charge on any atom is 0.261 e. The number of thiophene rings is 1. The van der Waals surface area contributed by atoms with Gasteiger partial charge in [0.2, 0.25) is 0 Å². The Hall–Kier alpha value is -2.28. The molecule has 3 aromatic heterocycles. The number of carbonyl (C=O) groups is 1. The molecule has 3 heterocycles. The van der Waals surface area contributed by atoms with Crippen LogP contribution in [0.2, 0.25) is 0 Å². The minimum absolute atomic E-state index is 0.000466. The van der Waals surface area contributed by atoms with E-state index in [1.165, 1.54) is 24.2 Å². The van der Waals surface area contributed by atoms with Crippen molar-refractivity contribution in [3.05, 3.63) is 40.7 Å². The van der Waals surface area contributed by atoms with Crippen molar-refractivity contribution in [3.63, 3.8) is 0 Å². The number of imidazole rings is 1. The standard InChI is InChI=1S/C19H23N5OS/c1-12-15-13(2)22-17(14-5-6-14)23-19(15)26-16(12)18(25)21-7-3-4-9-24-10-8-20-11-24/h8,10-11,14H,3-7,9H2,1-2H3,(H,21,25). The lowest BCUT2D eigenvalue weighted by Crippen LogP contribution is -2.24. The van der Waals surface area contributed by atoms with E-state index in [4.69, 9.17) is 4.98 Å². The molecule has 0 atom stereocenters. The van der Waals surface area contributed by atoms with E-state index in [-0.39, 0.29) is 5.91 Å². The Balaban J connectivity index is 1.40. The molecular weight excluding hydrogens is 346 g/mol. The summed E-state index contributed by atoms with van der Waals surface area (Å²) >= 11 is 1.49. The summed E-state index contributed by atoms with van der Waals surface area (Å²) in [7, 11) is 0. The Kier molecular flexibility index (Phi) is 4.72. The van der Waals surface area contributed by atoms with Crippen molar-refractivity contribution < 1.29 is 4.79 Å². The predicted molar refractivity (Wildman–Crippen MR) is 103 cm³/mol. The van der Waals surface area contributed by atoms with Gasteiger partial charge in [-0.05, 0) is 45.1 Å². The van der Waals surface area contributed by atoms with E-state index in [1.807, 2.05) is 26.4 Å². The summed E-state index contributed by atoms with van der Waals surface area (Å²) in [5.41, 5.74) is 1.99. The number of fused-ring (bicyclic) bond motifs is 1. The largest absolute Gasteiger partial charge is 0.351 e. The third-order valence-electron chi connectivity index (χ3n) is 4.82. The molecule has 7 heteroatoms. The van der Waals surface area contributed by atoms with Crippen LogP contribution in [0, 0.1) is 13.8 Å². The quantitative estimate of drug-likeness (QED) is 0.646. The number of carbonyl (C=O) groups excluding carboxylic acids is 1. The highest BCUT2D eigenvalue weighted by atomic mass is 32.1. The van der Waals surface area contributed by atoms with Crippen LogP contribution < -0.4 is 5.32 Å². The Morgan fingerprint density at radius 2 is 2.15 bits per heavy atom. The third-order valence-corrected chi connectivity index (χ3v) is 6.01. The summed E-state index contributed by atoms with van der Waals surface area (Å²) in [4.78, 5) is 27.7. The number of hydrogen-bond donors (Lipinski definition) is 1. The molecule has 0 aromatic carbocycles. The molecular formula is C19H23N5OS. The van der Waals surface area contributed by atoms with Crippen molar-refractivity contribution in [2.24, 2.45) is 0 Å². The summed E-state index contributed by atoms with van der Waals surface area (Å²) < 4.78 is 2.05. The summed E-state index contributed by atoms with van der Waals surface area (Å²) in [5, 5.41) is 4.09. The van der Waals surface area contributed by atoms with Crippen LogP contribution in [0.1, 0.15) is 58.4 Å². The van der Waals surface area contributed by atoms with Gasteiger partial charge in [0.05, 0.1) is 16.9 Å². The van der Waals surface area contributed by atoms with Gasteiger partial charge >= 0.3 is 0 Å². The normalized spacial score (nSPS) is 14.1. The molecule has 0 aliphatic heterocycles. The summed E-state index contributed by atoms with van der Waals surface area (Å²) in [6.07, 6.45) is 9.88. The SMILES string of the molecule is Cc1nc(C2CC2)nc2sc(C(=O)NCCCCn3ccnc3)c(C)c12. The molecule has 0 spiro atoms. The fourth-order valence-electron chi connectivity index (χ4n) is 3.22. The predicted octanol–water partition coefficient (Wildman–Crippen LogP) is 3.59. The highest BCUT2D eigenvalue weighted by Crippen LogP contribution is 2.40. The molecule has 26 heavy (non-hydrogen) atoms. The first-order chi connectivity index (χ1) is 12.6. The van der Waals surface area contributed by atoms with Gasteiger partial charge in [-0.2, -0.15) is 0 Å². The van der Waals surface area contributed by atoms with Crippen molar-refractivity contribution in [1.29, 1.82) is 0 Å². The van der Waals surface area contributed by atoms with Gasteiger partial charge in [0.1, 0.15) is 10.7 Å². The highest BCUT2D eigenvalue weighted by Gasteiger charge is 2.28. The first-order valence-electron chi connectivity index (χ1n) is 9.15. The summed E-state index contributed by atoms with van der Waals surface area (Å²) in [5.74, 6) is 1.47. The molecule has 0 unspecified atom stereocenters. The molecule has 136 valence electrons. The number of aryl methyl sites for hydroxylation is 3. The Bertz CT molecular complexity index is 927. The molecule has 3 aromatic rings. The molecule has 1 aliphatic carbocycles. The van der Waals surface area contributed by atoms with Gasteiger partial charge in [-0.3, -0.25) is 4.79 Å². The highest BCUT2D eigenvalue weighted by molar-refractivity contribution is 7.20. The molecule has 1 fully saturated rings. The maximum atomic E-state index is 12.6. The first-order valence-corrected chi connectivity index (χ1v) is 9.96. The van der Waals surface area contributed by atoms with Crippen molar-refractivity contribution >= 4 is 27.5 Å². The second-order valence-electron chi connectivity index (χ2n) is 6.94. The zero-order valence-corrected chi connectivity index (χ0v) is 16.0. The molecule has 4 rings (SSSR count). The molecule has 1 aliphatic rings. The average molecular weight is 369 g/mol. The van der Waals surface area contributed by atoms with E-state index in [0.29, 0.717) is 12.5 Å². The van der Waals surface area contributed by atoms with Gasteiger partial charge in [0, 0.05) is 36.8 Å². The van der Waals surface area contributed by atoms with E-state index < -0.39 is 0 Å². The van der Waals surface area contributed by atoms with E-state index >= 15 is 0 Å². The van der Waals surface area contributed by atoms with Crippen LogP contribution in [0.3, 0.4) is 0 Å². The smallest absolute Gasteiger partial charge is 0.261 e. The van der Waals surface area contributed by atoms with Crippen LogP contribution in [0.25, 0.3) is 10.2 Å². The average Bonchev–Trinajstić information content (AvgIpc) is 3.24. The molecule has 0 saturated heterocycles. The second-order valence-corrected chi connectivity index (χ2v) is 7.94. The Labute approximate surface area is 156 Å². The number of rotatable bonds is 7. The monoisotopic (exact) mass is 369 g/mol. The van der Waals surface area contributed by atoms with Crippen molar-refractivity contribution in [2.45, 2.75) is 52.0 Å². The van der Waals surface area contributed by atoms with E-state index in [1.54, 1.807) is 6.20 Å². The second kappa shape index (κ2) is 7.15. The Morgan fingerprint density at radius 1 is 1.31 bits per heavy atom. The number of aromatic nitrogens is 4. The lowest BCUT2D eigenvalue weighted by atomic mass is 10.1. The van der Waals surface area contributed by atoms with E-state index in [9.17, 15) is 4.79 Å². The fourth-order valence-corrected chi connectivity index (χ4v) is 4.38. The van der Waals surface area contributed by atoms with Crippen LogP contribution in [0.15, 0.2) is 18.7 Å². The van der Waals surface area contributed by atoms with Gasteiger partial charge in [0.25, 0.3) is 5.91 Å². The Morgan fingerprint density at radius 3 is 2.88 bits per heavy atom. The van der Waals surface area contributed by atoms with E-state index in [2.05, 4.69) is 19.9 Å². The molecule has 0 radical (unpaired) electrons. The zero-order chi connectivity index (χ0) is 18.1. The number of unbranched alkanes of at least 4 members (excludes halogenated alkanes) is 1. The molecule has 1 saturated carbocycles. The third kappa shape index (κ3) is 3.49. The fraction of sp³-hybridized carbons (Fsp3) is 0.474. The maximum absolute atomic E-state index is 12.6.